The average molecular weight is 456 g/mol. The molecular weight excluding hydrogens is 430 g/mol. The van der Waals surface area contributed by atoms with Gasteiger partial charge in [-0.1, -0.05) is 18.2 Å². The third-order valence-electron chi connectivity index (χ3n) is 5.76. The van der Waals surface area contributed by atoms with Gasteiger partial charge >= 0.3 is 0 Å². The molecule has 10 heteroatoms. The maximum atomic E-state index is 13.2. The van der Waals surface area contributed by atoms with Crippen LogP contribution in [0.2, 0.25) is 0 Å². The van der Waals surface area contributed by atoms with Gasteiger partial charge in [0, 0.05) is 43.0 Å². The number of sulfonamides is 1. The lowest BCUT2D eigenvalue weighted by Crippen LogP contribution is -2.28. The normalized spacial score (nSPS) is 14.6. The zero-order valence-corrected chi connectivity index (χ0v) is 18.8. The average Bonchev–Trinajstić information content (AvgIpc) is 3.42. The Balaban J connectivity index is 1.67. The molecular formula is C22H25N5O4S. The molecule has 9 nitrogen and oxygen atoms in total. The highest BCUT2D eigenvalue weighted by molar-refractivity contribution is 7.89. The molecule has 4 rings (SSSR count). The van der Waals surface area contributed by atoms with Crippen LogP contribution in [-0.2, 0) is 16.6 Å². The minimum atomic E-state index is -3.84. The van der Waals surface area contributed by atoms with Crippen LogP contribution in [0.4, 0.5) is 11.4 Å². The van der Waals surface area contributed by atoms with Gasteiger partial charge in [-0.05, 0) is 44.9 Å². The summed E-state index contributed by atoms with van der Waals surface area (Å²) in [7, 11) is -3.84. The van der Waals surface area contributed by atoms with Crippen LogP contribution in [0.15, 0.2) is 53.4 Å². The number of hydrogen-bond donors (Lipinski definition) is 1. The van der Waals surface area contributed by atoms with E-state index in [0.717, 1.165) is 41.5 Å². The van der Waals surface area contributed by atoms with E-state index >= 15 is 0 Å². The Hall–Kier alpha value is -3.24. The van der Waals surface area contributed by atoms with Crippen LogP contribution in [0.25, 0.3) is 5.69 Å². The maximum Gasteiger partial charge on any atom is 0.270 e. The van der Waals surface area contributed by atoms with Crippen molar-refractivity contribution in [1.29, 1.82) is 0 Å². The standard InChI is InChI=1S/C22H25N5O4S/c1-16-20(17(2)26(24-16)18-8-4-3-5-9-18)15-23-21-11-10-19(27(28)29)14-22(21)32(30,31)25-12-6-7-13-25/h3-5,8-11,14,23H,6-7,12-13,15H2,1-2H3. The van der Waals surface area contributed by atoms with E-state index < -0.39 is 14.9 Å². The molecule has 1 aliphatic heterocycles. The Bertz CT molecular complexity index is 1250. The summed E-state index contributed by atoms with van der Waals surface area (Å²) in [5, 5.41) is 19.1. The van der Waals surface area contributed by atoms with E-state index in [9.17, 15) is 18.5 Å². The minimum Gasteiger partial charge on any atom is -0.380 e. The van der Waals surface area contributed by atoms with Crippen molar-refractivity contribution in [3.05, 3.63) is 75.6 Å². The van der Waals surface area contributed by atoms with Crippen LogP contribution in [0.5, 0.6) is 0 Å². The molecule has 0 radical (unpaired) electrons. The van der Waals surface area contributed by atoms with Gasteiger partial charge in [-0.3, -0.25) is 10.1 Å². The number of anilines is 1. The molecule has 1 fully saturated rings. The van der Waals surface area contributed by atoms with Crippen LogP contribution in [0, 0.1) is 24.0 Å². The first-order valence-electron chi connectivity index (χ1n) is 10.4. The zero-order chi connectivity index (χ0) is 22.9. The van der Waals surface area contributed by atoms with E-state index in [1.807, 2.05) is 48.9 Å². The third kappa shape index (κ3) is 4.11. The number of nitro benzene ring substituents is 1. The molecule has 168 valence electrons. The van der Waals surface area contributed by atoms with Crippen LogP contribution < -0.4 is 5.32 Å². The third-order valence-corrected chi connectivity index (χ3v) is 7.69. The SMILES string of the molecule is Cc1nn(-c2ccccc2)c(C)c1CNc1ccc([N+](=O)[O-])cc1S(=O)(=O)N1CCCC1. The fourth-order valence-corrected chi connectivity index (χ4v) is 5.69. The summed E-state index contributed by atoms with van der Waals surface area (Å²) in [5.41, 5.74) is 3.73. The van der Waals surface area contributed by atoms with Gasteiger partial charge in [0.15, 0.2) is 0 Å². The smallest absolute Gasteiger partial charge is 0.270 e. The molecule has 32 heavy (non-hydrogen) atoms. The molecule has 2 heterocycles. The second kappa shape index (κ2) is 8.71. The van der Waals surface area contributed by atoms with Crippen molar-refractivity contribution >= 4 is 21.4 Å². The van der Waals surface area contributed by atoms with E-state index in [2.05, 4.69) is 10.4 Å². The van der Waals surface area contributed by atoms with Gasteiger partial charge in [0.2, 0.25) is 10.0 Å². The predicted molar refractivity (Wildman–Crippen MR) is 121 cm³/mol. The molecule has 0 saturated carbocycles. The van der Waals surface area contributed by atoms with Crippen molar-refractivity contribution in [2.75, 3.05) is 18.4 Å². The molecule has 1 aromatic heterocycles. The number of rotatable bonds is 7. The van der Waals surface area contributed by atoms with Crippen LogP contribution in [0.1, 0.15) is 29.8 Å². The number of para-hydroxylation sites is 1. The number of nitrogens with one attached hydrogen (secondary N) is 1. The molecule has 0 amide bonds. The summed E-state index contributed by atoms with van der Waals surface area (Å²) in [5.74, 6) is 0. The highest BCUT2D eigenvalue weighted by atomic mass is 32.2. The maximum absolute atomic E-state index is 13.2. The Morgan fingerprint density at radius 2 is 1.78 bits per heavy atom. The fraction of sp³-hybridized carbons (Fsp3) is 0.318. The molecule has 3 aromatic rings. The Labute approximate surface area is 186 Å². The van der Waals surface area contributed by atoms with E-state index in [1.165, 1.54) is 16.4 Å². The molecule has 0 bridgehead atoms. The van der Waals surface area contributed by atoms with E-state index in [4.69, 9.17) is 0 Å². The fourth-order valence-electron chi connectivity index (χ4n) is 3.99. The highest BCUT2D eigenvalue weighted by Gasteiger charge is 2.31. The largest absolute Gasteiger partial charge is 0.380 e. The first-order chi connectivity index (χ1) is 15.3. The van der Waals surface area contributed by atoms with E-state index in [0.29, 0.717) is 25.3 Å². The highest BCUT2D eigenvalue weighted by Crippen LogP contribution is 2.31. The second-order valence-electron chi connectivity index (χ2n) is 7.80. The Kier molecular flexibility index (Phi) is 5.98. The zero-order valence-electron chi connectivity index (χ0n) is 18.0. The van der Waals surface area contributed by atoms with Crippen molar-refractivity contribution < 1.29 is 13.3 Å². The molecule has 0 unspecified atom stereocenters. The Morgan fingerprint density at radius 1 is 1.09 bits per heavy atom. The van der Waals surface area contributed by atoms with E-state index in [-0.39, 0.29) is 10.6 Å². The molecule has 0 atom stereocenters. The lowest BCUT2D eigenvalue weighted by atomic mass is 10.2. The molecule has 0 aliphatic carbocycles. The summed E-state index contributed by atoms with van der Waals surface area (Å²) < 4.78 is 29.7. The van der Waals surface area contributed by atoms with Crippen LogP contribution >= 0.6 is 0 Å². The lowest BCUT2D eigenvalue weighted by Gasteiger charge is -2.19. The minimum absolute atomic E-state index is 0.0700. The topological polar surface area (TPSA) is 110 Å². The number of aromatic nitrogens is 2. The summed E-state index contributed by atoms with van der Waals surface area (Å²) >= 11 is 0. The van der Waals surface area contributed by atoms with Crippen molar-refractivity contribution in [3.8, 4) is 5.69 Å². The number of hydrogen-bond acceptors (Lipinski definition) is 6. The summed E-state index contributed by atoms with van der Waals surface area (Å²) in [6.07, 6.45) is 1.57. The molecule has 1 saturated heterocycles. The monoisotopic (exact) mass is 455 g/mol. The van der Waals surface area contributed by atoms with Crippen molar-refractivity contribution in [1.82, 2.24) is 14.1 Å². The molecule has 1 N–H and O–H groups in total. The van der Waals surface area contributed by atoms with Gasteiger partial charge in [-0.25, -0.2) is 13.1 Å². The van der Waals surface area contributed by atoms with Gasteiger partial charge in [-0.15, -0.1) is 0 Å². The second-order valence-corrected chi connectivity index (χ2v) is 9.71. The number of nitrogens with zero attached hydrogens (tertiary/aromatic N) is 4. The first-order valence-corrected chi connectivity index (χ1v) is 11.9. The first kappa shape index (κ1) is 22.0. The summed E-state index contributed by atoms with van der Waals surface area (Å²) in [6.45, 7) is 5.05. The van der Waals surface area contributed by atoms with Crippen molar-refractivity contribution in [2.24, 2.45) is 0 Å². The summed E-state index contributed by atoms with van der Waals surface area (Å²) in [6, 6.07) is 13.7. The number of aryl methyl sites for hydroxylation is 1. The van der Waals surface area contributed by atoms with Gasteiger partial charge in [-0.2, -0.15) is 9.40 Å². The van der Waals surface area contributed by atoms with Gasteiger partial charge in [0.05, 0.1) is 22.0 Å². The summed E-state index contributed by atoms with van der Waals surface area (Å²) in [4.78, 5) is 10.6. The number of nitro groups is 1. The van der Waals surface area contributed by atoms with Crippen LogP contribution in [0.3, 0.4) is 0 Å². The number of benzene rings is 2. The Morgan fingerprint density at radius 3 is 2.44 bits per heavy atom. The number of non-ortho nitro benzene ring substituents is 1. The van der Waals surface area contributed by atoms with Gasteiger partial charge in [0.1, 0.15) is 4.90 Å². The van der Waals surface area contributed by atoms with E-state index in [1.54, 1.807) is 0 Å². The predicted octanol–water partition coefficient (Wildman–Crippen LogP) is 3.79. The van der Waals surface area contributed by atoms with Crippen LogP contribution in [-0.4, -0.2) is 40.5 Å². The quantitative estimate of drug-likeness (QED) is 0.429. The molecule has 2 aromatic carbocycles. The molecule has 1 aliphatic rings. The van der Waals surface area contributed by atoms with Gasteiger partial charge < -0.3 is 5.32 Å². The van der Waals surface area contributed by atoms with Gasteiger partial charge in [0.25, 0.3) is 5.69 Å². The molecule has 0 spiro atoms. The van der Waals surface area contributed by atoms with Crippen molar-refractivity contribution in [2.45, 2.75) is 38.1 Å². The lowest BCUT2D eigenvalue weighted by molar-refractivity contribution is -0.385. The van der Waals surface area contributed by atoms with Crippen molar-refractivity contribution in [3.63, 3.8) is 0 Å².